The second-order valence-corrected chi connectivity index (χ2v) is 7.81. The van der Waals surface area contributed by atoms with Crippen LogP contribution < -0.4 is 9.80 Å². The van der Waals surface area contributed by atoms with Crippen molar-refractivity contribution < 1.29 is 8.78 Å². The minimum Gasteiger partial charge on any atom is -0.353 e. The van der Waals surface area contributed by atoms with Gasteiger partial charge in [-0.2, -0.15) is 0 Å². The summed E-state index contributed by atoms with van der Waals surface area (Å²) in [5.74, 6) is 2.38. The van der Waals surface area contributed by atoms with E-state index in [0.29, 0.717) is 24.7 Å². The van der Waals surface area contributed by atoms with Crippen molar-refractivity contribution in [3.05, 3.63) is 35.4 Å². The average molecular weight is 388 g/mol. The first-order valence-electron chi connectivity index (χ1n) is 9.04. The van der Waals surface area contributed by atoms with Crippen molar-refractivity contribution >= 4 is 33.2 Å². The molecule has 0 spiro atoms. The molecule has 1 saturated heterocycles. The number of hydrogen-bond acceptors (Lipinski definition) is 7. The summed E-state index contributed by atoms with van der Waals surface area (Å²) in [6.45, 7) is 2.94. The lowest BCUT2D eigenvalue weighted by atomic mass is 10.2. The molecular formula is C18H18F2N6S. The van der Waals surface area contributed by atoms with Gasteiger partial charge in [-0.15, -0.1) is 11.3 Å². The zero-order chi connectivity index (χ0) is 18.4. The molecule has 2 fully saturated rings. The largest absolute Gasteiger partial charge is 0.353 e. The van der Waals surface area contributed by atoms with Gasteiger partial charge in [-0.25, -0.2) is 28.7 Å². The van der Waals surface area contributed by atoms with Crippen LogP contribution in [0.3, 0.4) is 0 Å². The normalized spacial score (nSPS) is 17.9. The van der Waals surface area contributed by atoms with Crippen LogP contribution in [-0.4, -0.2) is 46.1 Å². The van der Waals surface area contributed by atoms with Crippen LogP contribution >= 0.6 is 11.3 Å². The molecule has 4 heterocycles. The van der Waals surface area contributed by atoms with Gasteiger partial charge in [-0.1, -0.05) is 0 Å². The van der Waals surface area contributed by atoms with Gasteiger partial charge in [0.15, 0.2) is 0 Å². The second kappa shape index (κ2) is 6.63. The Morgan fingerprint density at radius 1 is 1.04 bits per heavy atom. The van der Waals surface area contributed by atoms with Crippen molar-refractivity contribution in [1.29, 1.82) is 0 Å². The van der Waals surface area contributed by atoms with Gasteiger partial charge in [0.05, 0.1) is 10.2 Å². The van der Waals surface area contributed by atoms with E-state index in [0.717, 1.165) is 42.0 Å². The van der Waals surface area contributed by atoms with E-state index in [1.165, 1.54) is 6.07 Å². The van der Waals surface area contributed by atoms with Crippen LogP contribution in [0.15, 0.2) is 23.8 Å². The molecule has 0 N–H and O–H groups in total. The second-order valence-electron chi connectivity index (χ2n) is 6.89. The molecule has 0 bridgehead atoms. The van der Waals surface area contributed by atoms with Gasteiger partial charge < -0.3 is 9.80 Å². The maximum Gasteiger partial charge on any atom is 0.280 e. The summed E-state index contributed by atoms with van der Waals surface area (Å²) in [5.41, 5.74) is 0.791. The molecule has 140 valence electrons. The quantitative estimate of drug-likeness (QED) is 0.680. The molecule has 1 aliphatic carbocycles. The van der Waals surface area contributed by atoms with Gasteiger partial charge in [-0.05, 0) is 24.3 Å². The smallest absolute Gasteiger partial charge is 0.280 e. The van der Waals surface area contributed by atoms with Crippen molar-refractivity contribution in [2.45, 2.75) is 25.2 Å². The SMILES string of the molecule is FC(F)c1cc(N2CCN(c3ncnc4ccsc34)CC2)nc(C2CC2)n1. The summed E-state index contributed by atoms with van der Waals surface area (Å²) in [5, 5.41) is 2.02. The van der Waals surface area contributed by atoms with Crippen LogP contribution in [0.5, 0.6) is 0 Å². The highest BCUT2D eigenvalue weighted by atomic mass is 32.1. The first-order valence-corrected chi connectivity index (χ1v) is 9.92. The fraction of sp³-hybridized carbons (Fsp3) is 0.444. The molecule has 6 nitrogen and oxygen atoms in total. The van der Waals surface area contributed by atoms with E-state index in [2.05, 4.69) is 29.7 Å². The number of halogens is 2. The van der Waals surface area contributed by atoms with Gasteiger partial charge >= 0.3 is 0 Å². The first kappa shape index (κ1) is 16.7. The third-order valence-corrected chi connectivity index (χ3v) is 5.94. The molecule has 1 saturated carbocycles. The first-order chi connectivity index (χ1) is 13.2. The van der Waals surface area contributed by atoms with Crippen LogP contribution in [0.25, 0.3) is 10.2 Å². The monoisotopic (exact) mass is 388 g/mol. The highest BCUT2D eigenvalue weighted by Gasteiger charge is 2.30. The number of aromatic nitrogens is 4. The van der Waals surface area contributed by atoms with Crippen LogP contribution in [0, 0.1) is 0 Å². The van der Waals surface area contributed by atoms with E-state index in [4.69, 9.17) is 0 Å². The number of thiophene rings is 1. The summed E-state index contributed by atoms with van der Waals surface area (Å²) < 4.78 is 27.6. The lowest BCUT2D eigenvalue weighted by Gasteiger charge is -2.36. The van der Waals surface area contributed by atoms with Crippen LogP contribution in [0.1, 0.15) is 36.7 Å². The van der Waals surface area contributed by atoms with Crippen molar-refractivity contribution in [1.82, 2.24) is 19.9 Å². The van der Waals surface area contributed by atoms with Crippen molar-refractivity contribution in [3.8, 4) is 0 Å². The predicted molar refractivity (Wildman–Crippen MR) is 101 cm³/mol. The zero-order valence-corrected chi connectivity index (χ0v) is 15.4. The Morgan fingerprint density at radius 3 is 2.56 bits per heavy atom. The molecule has 0 radical (unpaired) electrons. The number of anilines is 2. The van der Waals surface area contributed by atoms with Gasteiger partial charge in [0, 0.05) is 38.2 Å². The van der Waals surface area contributed by atoms with Gasteiger partial charge in [0.25, 0.3) is 6.43 Å². The summed E-state index contributed by atoms with van der Waals surface area (Å²) in [6.07, 6.45) is 1.01. The van der Waals surface area contributed by atoms with E-state index in [9.17, 15) is 8.78 Å². The Labute approximate surface area is 158 Å². The molecule has 0 aromatic carbocycles. The number of alkyl halides is 2. The summed E-state index contributed by atoms with van der Waals surface area (Å²) >= 11 is 1.64. The Balaban J connectivity index is 1.37. The molecule has 0 atom stereocenters. The third kappa shape index (κ3) is 3.20. The highest BCUT2D eigenvalue weighted by Crippen LogP contribution is 2.39. The number of hydrogen-bond donors (Lipinski definition) is 0. The topological polar surface area (TPSA) is 58.0 Å². The van der Waals surface area contributed by atoms with E-state index in [1.54, 1.807) is 17.7 Å². The van der Waals surface area contributed by atoms with E-state index in [-0.39, 0.29) is 11.6 Å². The van der Waals surface area contributed by atoms with Crippen molar-refractivity contribution in [2.24, 2.45) is 0 Å². The lowest BCUT2D eigenvalue weighted by molar-refractivity contribution is 0.145. The van der Waals surface area contributed by atoms with Gasteiger partial charge in [0.1, 0.15) is 29.5 Å². The molecule has 27 heavy (non-hydrogen) atoms. The fourth-order valence-corrected chi connectivity index (χ4v) is 4.28. The van der Waals surface area contributed by atoms with Crippen molar-refractivity contribution in [3.63, 3.8) is 0 Å². The average Bonchev–Trinajstić information content (AvgIpc) is 3.44. The molecule has 0 unspecified atom stereocenters. The molecule has 3 aromatic heterocycles. The standard InChI is InChI=1S/C18H18F2N6S/c19-16(20)13-9-14(24-17(23-13)11-1-2-11)25-4-6-26(7-5-25)18-15-12(3-8-27-15)21-10-22-18/h3,8-11,16H,1-2,4-7H2. The Kier molecular flexibility index (Phi) is 4.11. The van der Waals surface area contributed by atoms with Crippen LogP contribution in [-0.2, 0) is 0 Å². The molecule has 1 aliphatic heterocycles. The Morgan fingerprint density at radius 2 is 1.81 bits per heavy atom. The van der Waals surface area contributed by atoms with Gasteiger partial charge in [-0.3, -0.25) is 0 Å². The van der Waals surface area contributed by atoms with Gasteiger partial charge in [0.2, 0.25) is 0 Å². The zero-order valence-electron chi connectivity index (χ0n) is 14.6. The highest BCUT2D eigenvalue weighted by molar-refractivity contribution is 7.17. The third-order valence-electron chi connectivity index (χ3n) is 5.04. The maximum atomic E-state index is 13.2. The van der Waals surface area contributed by atoms with E-state index < -0.39 is 6.43 Å². The summed E-state index contributed by atoms with van der Waals surface area (Å²) in [6, 6.07) is 3.43. The fourth-order valence-electron chi connectivity index (χ4n) is 3.42. The van der Waals surface area contributed by atoms with Crippen LogP contribution in [0.4, 0.5) is 20.4 Å². The van der Waals surface area contributed by atoms with Crippen LogP contribution in [0.2, 0.25) is 0 Å². The number of piperazine rings is 1. The molecule has 0 amide bonds. The molecule has 9 heteroatoms. The molecule has 3 aromatic rings. The van der Waals surface area contributed by atoms with E-state index >= 15 is 0 Å². The minimum atomic E-state index is -2.57. The van der Waals surface area contributed by atoms with E-state index in [1.807, 2.05) is 11.4 Å². The maximum absolute atomic E-state index is 13.2. The minimum absolute atomic E-state index is 0.166. The number of rotatable bonds is 4. The Hall–Kier alpha value is -2.42. The molecule has 2 aliphatic rings. The number of fused-ring (bicyclic) bond motifs is 1. The van der Waals surface area contributed by atoms with Crippen molar-refractivity contribution in [2.75, 3.05) is 36.0 Å². The lowest BCUT2D eigenvalue weighted by Crippen LogP contribution is -2.47. The summed E-state index contributed by atoms with van der Waals surface area (Å²) in [4.78, 5) is 21.7. The predicted octanol–water partition coefficient (Wildman–Crippen LogP) is 3.62. The summed E-state index contributed by atoms with van der Waals surface area (Å²) in [7, 11) is 0. The molecular weight excluding hydrogens is 370 g/mol. The molecule has 5 rings (SSSR count). The number of nitrogens with zero attached hydrogens (tertiary/aromatic N) is 6. The Bertz CT molecular complexity index is 945.